The first-order chi connectivity index (χ1) is 17.0. The highest BCUT2D eigenvalue weighted by molar-refractivity contribution is 5.90. The van der Waals surface area contributed by atoms with Crippen LogP contribution in [-0.2, 0) is 6.18 Å². The SMILES string of the molecule is Cl.FC(F)(F)c1ccc(C(c2c[nH]c3ccccc23)c2cn(-c3ccccc3)c3ccccc23)cc1. The van der Waals surface area contributed by atoms with E-state index in [1.165, 1.54) is 12.1 Å². The largest absolute Gasteiger partial charge is 0.416 e. The molecule has 6 aromatic rings. The molecule has 36 heavy (non-hydrogen) atoms. The Morgan fingerprint density at radius 2 is 1.31 bits per heavy atom. The maximum absolute atomic E-state index is 13.3. The van der Waals surface area contributed by atoms with Crippen LogP contribution in [0.4, 0.5) is 13.2 Å². The van der Waals surface area contributed by atoms with Gasteiger partial charge in [-0.15, -0.1) is 12.4 Å². The van der Waals surface area contributed by atoms with Crippen LogP contribution in [-0.4, -0.2) is 9.55 Å². The first-order valence-electron chi connectivity index (χ1n) is 11.4. The van der Waals surface area contributed by atoms with E-state index in [4.69, 9.17) is 0 Å². The quantitative estimate of drug-likeness (QED) is 0.249. The molecule has 0 spiro atoms. The number of halogens is 4. The monoisotopic (exact) mass is 502 g/mol. The number of rotatable bonds is 4. The Hall–Kier alpha value is -3.96. The van der Waals surface area contributed by atoms with Crippen molar-refractivity contribution in [3.8, 4) is 5.69 Å². The number of aromatic nitrogens is 2. The number of nitrogens with one attached hydrogen (secondary N) is 1. The summed E-state index contributed by atoms with van der Waals surface area (Å²) in [6.07, 6.45) is -0.288. The summed E-state index contributed by atoms with van der Waals surface area (Å²) in [7, 11) is 0. The first kappa shape index (κ1) is 23.8. The van der Waals surface area contributed by atoms with Crippen molar-refractivity contribution >= 4 is 34.2 Å². The maximum Gasteiger partial charge on any atom is 0.416 e. The highest BCUT2D eigenvalue weighted by Gasteiger charge is 2.31. The second-order valence-corrected chi connectivity index (χ2v) is 8.65. The lowest BCUT2D eigenvalue weighted by Crippen LogP contribution is -2.07. The van der Waals surface area contributed by atoms with Gasteiger partial charge in [0.05, 0.1) is 11.1 Å². The summed E-state index contributed by atoms with van der Waals surface area (Å²) in [6, 6.07) is 31.8. The minimum absolute atomic E-state index is 0. The molecule has 4 aromatic carbocycles. The van der Waals surface area contributed by atoms with Gasteiger partial charge >= 0.3 is 6.18 Å². The Kier molecular flexibility index (Phi) is 6.10. The molecule has 0 radical (unpaired) electrons. The third-order valence-corrected chi connectivity index (χ3v) is 6.59. The number of hydrogen-bond donors (Lipinski definition) is 1. The van der Waals surface area contributed by atoms with Crippen LogP contribution >= 0.6 is 12.4 Å². The van der Waals surface area contributed by atoms with Gasteiger partial charge in [-0.1, -0.05) is 66.7 Å². The maximum atomic E-state index is 13.3. The van der Waals surface area contributed by atoms with Crippen LogP contribution in [0.15, 0.2) is 116 Å². The van der Waals surface area contributed by atoms with Gasteiger partial charge in [-0.2, -0.15) is 13.2 Å². The van der Waals surface area contributed by atoms with E-state index in [-0.39, 0.29) is 18.3 Å². The topological polar surface area (TPSA) is 20.7 Å². The second kappa shape index (κ2) is 9.25. The third-order valence-electron chi connectivity index (χ3n) is 6.59. The van der Waals surface area contributed by atoms with Gasteiger partial charge in [-0.25, -0.2) is 0 Å². The van der Waals surface area contributed by atoms with E-state index in [0.717, 1.165) is 44.2 Å². The van der Waals surface area contributed by atoms with Crippen molar-refractivity contribution in [2.75, 3.05) is 0 Å². The van der Waals surface area contributed by atoms with E-state index < -0.39 is 11.7 Å². The van der Waals surface area contributed by atoms with Crippen molar-refractivity contribution < 1.29 is 13.2 Å². The second-order valence-electron chi connectivity index (χ2n) is 8.65. The van der Waals surface area contributed by atoms with Crippen LogP contribution in [0.1, 0.15) is 28.2 Å². The van der Waals surface area contributed by atoms with E-state index in [2.05, 4.69) is 46.1 Å². The molecule has 0 amide bonds. The number of para-hydroxylation sites is 3. The van der Waals surface area contributed by atoms with E-state index >= 15 is 0 Å². The normalized spacial score (nSPS) is 12.5. The van der Waals surface area contributed by atoms with Gasteiger partial charge in [0, 0.05) is 40.3 Å². The number of H-pyrrole nitrogens is 1. The van der Waals surface area contributed by atoms with Crippen LogP contribution in [0.2, 0.25) is 0 Å². The molecule has 0 aliphatic rings. The van der Waals surface area contributed by atoms with Crippen molar-refractivity contribution in [2.24, 2.45) is 0 Å². The summed E-state index contributed by atoms with van der Waals surface area (Å²) in [5, 5.41) is 2.11. The lowest BCUT2D eigenvalue weighted by atomic mass is 9.84. The van der Waals surface area contributed by atoms with Crippen molar-refractivity contribution in [3.05, 3.63) is 138 Å². The molecule has 2 nitrogen and oxygen atoms in total. The zero-order valence-electron chi connectivity index (χ0n) is 19.0. The molecule has 0 saturated carbocycles. The average molecular weight is 503 g/mol. The molecule has 180 valence electrons. The molecule has 0 fully saturated rings. The first-order valence-corrected chi connectivity index (χ1v) is 11.4. The molecule has 0 aliphatic carbocycles. The van der Waals surface area contributed by atoms with Gasteiger partial charge in [0.15, 0.2) is 0 Å². The lowest BCUT2D eigenvalue weighted by molar-refractivity contribution is -0.137. The molecule has 0 saturated heterocycles. The van der Waals surface area contributed by atoms with Crippen LogP contribution in [0.3, 0.4) is 0 Å². The number of benzene rings is 4. The molecule has 0 aliphatic heterocycles. The summed E-state index contributed by atoms with van der Waals surface area (Å²) < 4.78 is 42.1. The summed E-state index contributed by atoms with van der Waals surface area (Å²) >= 11 is 0. The van der Waals surface area contributed by atoms with Crippen LogP contribution in [0.5, 0.6) is 0 Å². The van der Waals surface area contributed by atoms with Crippen molar-refractivity contribution in [2.45, 2.75) is 12.1 Å². The van der Waals surface area contributed by atoms with E-state index in [0.29, 0.717) is 0 Å². The zero-order valence-corrected chi connectivity index (χ0v) is 19.9. The third kappa shape index (κ3) is 4.06. The Morgan fingerprint density at radius 3 is 2.03 bits per heavy atom. The number of aromatic amines is 1. The summed E-state index contributed by atoms with van der Waals surface area (Å²) in [5.41, 5.74) is 5.28. The van der Waals surface area contributed by atoms with Crippen molar-refractivity contribution in [1.82, 2.24) is 9.55 Å². The molecule has 2 aromatic heterocycles. The van der Waals surface area contributed by atoms with Gasteiger partial charge in [0.2, 0.25) is 0 Å². The number of fused-ring (bicyclic) bond motifs is 2. The number of alkyl halides is 3. The van der Waals surface area contributed by atoms with E-state index in [9.17, 15) is 13.2 Å². The molecule has 0 bridgehead atoms. The van der Waals surface area contributed by atoms with Crippen LogP contribution < -0.4 is 0 Å². The number of hydrogen-bond acceptors (Lipinski definition) is 0. The van der Waals surface area contributed by atoms with Gasteiger partial charge in [-0.05, 0) is 53.1 Å². The standard InChI is InChI=1S/C30H21F3N2.ClH/c31-30(32,33)21-16-14-20(15-17-21)29(25-18-34-27-12-6-4-10-23(25)27)26-19-35(22-8-2-1-3-9-22)28-13-7-5-11-24(26)28;/h1-19,29,34H;1H. The Morgan fingerprint density at radius 1 is 0.667 bits per heavy atom. The van der Waals surface area contributed by atoms with E-state index in [1.54, 1.807) is 12.1 Å². The van der Waals surface area contributed by atoms with Gasteiger partial charge < -0.3 is 9.55 Å². The van der Waals surface area contributed by atoms with E-state index in [1.807, 2.05) is 54.7 Å². The minimum Gasteiger partial charge on any atom is -0.361 e. The smallest absolute Gasteiger partial charge is 0.361 e. The summed E-state index contributed by atoms with van der Waals surface area (Å²) in [6.45, 7) is 0. The average Bonchev–Trinajstić information content (AvgIpc) is 3.47. The molecule has 1 unspecified atom stereocenters. The molecule has 6 rings (SSSR count). The molecular formula is C30H22ClF3N2. The Balaban J connectivity index is 0.00000267. The lowest BCUT2D eigenvalue weighted by Gasteiger charge is -2.18. The number of nitrogens with zero attached hydrogens (tertiary/aromatic N) is 1. The predicted molar refractivity (Wildman–Crippen MR) is 141 cm³/mol. The fourth-order valence-electron chi connectivity index (χ4n) is 4.96. The minimum atomic E-state index is -4.38. The zero-order chi connectivity index (χ0) is 24.0. The van der Waals surface area contributed by atoms with Gasteiger partial charge in [0.1, 0.15) is 0 Å². The highest BCUT2D eigenvalue weighted by Crippen LogP contribution is 2.41. The Labute approximate surface area is 212 Å². The van der Waals surface area contributed by atoms with Gasteiger partial charge in [-0.3, -0.25) is 0 Å². The Bertz CT molecular complexity index is 1630. The fourth-order valence-corrected chi connectivity index (χ4v) is 4.96. The van der Waals surface area contributed by atoms with Gasteiger partial charge in [0.25, 0.3) is 0 Å². The van der Waals surface area contributed by atoms with Crippen molar-refractivity contribution in [1.29, 1.82) is 0 Å². The predicted octanol–water partition coefficient (Wildman–Crippen LogP) is 8.73. The summed E-state index contributed by atoms with van der Waals surface area (Å²) in [5.74, 6) is -0.261. The summed E-state index contributed by atoms with van der Waals surface area (Å²) in [4.78, 5) is 3.34. The van der Waals surface area contributed by atoms with Crippen molar-refractivity contribution in [3.63, 3.8) is 0 Å². The fraction of sp³-hybridized carbons (Fsp3) is 0.0667. The molecular weight excluding hydrogens is 481 g/mol. The van der Waals surface area contributed by atoms with Crippen LogP contribution in [0.25, 0.3) is 27.5 Å². The van der Waals surface area contributed by atoms with Crippen LogP contribution in [0, 0.1) is 0 Å². The highest BCUT2D eigenvalue weighted by atomic mass is 35.5. The molecule has 2 heterocycles. The molecule has 1 atom stereocenters. The molecule has 6 heteroatoms. The molecule has 1 N–H and O–H groups in total.